The van der Waals surface area contributed by atoms with Gasteiger partial charge in [0.05, 0.1) is 5.75 Å². The summed E-state index contributed by atoms with van der Waals surface area (Å²) in [6, 6.07) is 1.15. The molecule has 0 saturated heterocycles. The third-order valence-corrected chi connectivity index (χ3v) is 6.50. The van der Waals surface area contributed by atoms with E-state index in [1.165, 1.54) is 20.0 Å². The highest BCUT2D eigenvalue weighted by Gasteiger charge is 2.40. The van der Waals surface area contributed by atoms with E-state index in [0.29, 0.717) is 5.56 Å². The van der Waals surface area contributed by atoms with Gasteiger partial charge in [0.25, 0.3) is 5.91 Å². The Morgan fingerprint density at radius 2 is 2.03 bits per heavy atom. The molecule has 1 fully saturated rings. The van der Waals surface area contributed by atoms with Crippen molar-refractivity contribution in [3.63, 3.8) is 0 Å². The number of rotatable bonds is 8. The quantitative estimate of drug-likeness (QED) is 0.599. The summed E-state index contributed by atoms with van der Waals surface area (Å²) in [4.78, 5) is 21.1. The molecule has 0 aliphatic heterocycles. The fraction of sp³-hybridized carbons (Fsp3) is 0.600. The second kappa shape index (κ2) is 8.92. The number of carbonyl (C=O) groups is 1. The minimum Gasteiger partial charge on any atom is -0.481 e. The topological polar surface area (TPSA) is 124 Å². The number of hydrogen-bond acceptors (Lipinski definition) is 8. The molecule has 13 heteroatoms. The molecule has 1 amide bonds. The molecular weight excluding hydrogens is 465 g/mol. The number of pyridine rings is 1. The molecular formula is C20H25F3N4O5S. The molecule has 2 aromatic heterocycles. The highest BCUT2D eigenvalue weighted by atomic mass is 32.2. The first-order chi connectivity index (χ1) is 15.2. The van der Waals surface area contributed by atoms with E-state index < -0.39 is 39.3 Å². The summed E-state index contributed by atoms with van der Waals surface area (Å²) in [7, 11) is -3.61. The number of amides is 1. The van der Waals surface area contributed by atoms with Gasteiger partial charge >= 0.3 is 6.18 Å². The van der Waals surface area contributed by atoms with Crippen molar-refractivity contribution in [1.82, 2.24) is 20.4 Å². The summed E-state index contributed by atoms with van der Waals surface area (Å²) in [5.41, 5.74) is -1.30. The molecule has 182 valence electrons. The first kappa shape index (κ1) is 24.9. The fourth-order valence-electron chi connectivity index (χ4n) is 3.48. The zero-order chi connectivity index (χ0) is 24.6. The van der Waals surface area contributed by atoms with E-state index in [1.807, 2.05) is 0 Å². The molecule has 0 bridgehead atoms. The van der Waals surface area contributed by atoms with Gasteiger partial charge in [0, 0.05) is 31.0 Å². The fourth-order valence-corrected chi connectivity index (χ4v) is 4.73. The summed E-state index contributed by atoms with van der Waals surface area (Å²) in [5, 5.41) is 6.26. The summed E-state index contributed by atoms with van der Waals surface area (Å²) >= 11 is 0. The Balaban J connectivity index is 1.93. The second-order valence-electron chi connectivity index (χ2n) is 8.53. The van der Waals surface area contributed by atoms with Gasteiger partial charge in [-0.2, -0.15) is 18.2 Å². The number of alkyl halides is 3. The van der Waals surface area contributed by atoms with Crippen LogP contribution in [0.3, 0.4) is 0 Å². The molecule has 2 heterocycles. The summed E-state index contributed by atoms with van der Waals surface area (Å²) in [6.07, 6.45) is -1.85. The Bertz CT molecular complexity index is 1130. The first-order valence-electron chi connectivity index (χ1n) is 10.2. The van der Waals surface area contributed by atoms with Gasteiger partial charge < -0.3 is 14.6 Å². The van der Waals surface area contributed by atoms with Crippen LogP contribution in [0.4, 0.5) is 13.2 Å². The van der Waals surface area contributed by atoms with E-state index in [2.05, 4.69) is 20.4 Å². The van der Waals surface area contributed by atoms with E-state index in [-0.39, 0.29) is 29.1 Å². The maximum atomic E-state index is 13.1. The van der Waals surface area contributed by atoms with Crippen molar-refractivity contribution in [2.75, 3.05) is 12.0 Å². The van der Waals surface area contributed by atoms with E-state index in [9.17, 15) is 26.4 Å². The van der Waals surface area contributed by atoms with Crippen molar-refractivity contribution < 1.29 is 35.6 Å². The van der Waals surface area contributed by atoms with Crippen LogP contribution in [0.25, 0.3) is 0 Å². The van der Waals surface area contributed by atoms with Crippen LogP contribution in [-0.2, 0) is 15.4 Å². The average molecular weight is 491 g/mol. The molecule has 9 nitrogen and oxygen atoms in total. The Kier molecular flexibility index (Phi) is 6.74. The van der Waals surface area contributed by atoms with Gasteiger partial charge in [0.2, 0.25) is 5.89 Å². The number of carbonyl (C=O) groups excluding carboxylic acids is 1. The van der Waals surface area contributed by atoms with Crippen molar-refractivity contribution in [3.05, 3.63) is 35.2 Å². The van der Waals surface area contributed by atoms with E-state index in [1.54, 1.807) is 0 Å². The van der Waals surface area contributed by atoms with Crippen molar-refractivity contribution >= 4 is 15.7 Å². The lowest BCUT2D eigenvalue weighted by molar-refractivity contribution is -0.189. The summed E-state index contributed by atoms with van der Waals surface area (Å²) in [6.45, 7) is 3.79. The maximum absolute atomic E-state index is 13.1. The van der Waals surface area contributed by atoms with Crippen LogP contribution in [0.15, 0.2) is 16.8 Å². The smallest absolute Gasteiger partial charge is 0.425 e. The highest BCUT2D eigenvalue weighted by Crippen LogP contribution is 2.41. The van der Waals surface area contributed by atoms with E-state index >= 15 is 0 Å². The third kappa shape index (κ3) is 6.01. The molecule has 1 aliphatic carbocycles. The highest BCUT2D eigenvalue weighted by molar-refractivity contribution is 7.90. The molecule has 33 heavy (non-hydrogen) atoms. The molecule has 3 rings (SSSR count). The zero-order valence-electron chi connectivity index (χ0n) is 18.6. The normalized spacial score (nSPS) is 17.7. The van der Waals surface area contributed by atoms with Gasteiger partial charge in [0.15, 0.2) is 11.9 Å². The van der Waals surface area contributed by atoms with Crippen molar-refractivity contribution in [3.8, 4) is 5.75 Å². The lowest BCUT2D eigenvalue weighted by atomic mass is 9.80. The predicted octanol–water partition coefficient (Wildman–Crippen LogP) is 3.06. The Labute approximate surface area is 189 Å². The number of ether oxygens (including phenoxy) is 1. The lowest BCUT2D eigenvalue weighted by Crippen LogP contribution is -2.49. The van der Waals surface area contributed by atoms with Gasteiger partial charge in [-0.15, -0.1) is 0 Å². The lowest BCUT2D eigenvalue weighted by Gasteiger charge is -2.29. The molecule has 1 unspecified atom stereocenters. The number of aromatic nitrogens is 3. The number of sulfone groups is 1. The molecule has 1 N–H and O–H groups in total. The molecule has 0 aromatic carbocycles. The van der Waals surface area contributed by atoms with Crippen molar-refractivity contribution in [2.24, 2.45) is 0 Å². The van der Waals surface area contributed by atoms with Gasteiger partial charge in [-0.3, -0.25) is 9.78 Å². The summed E-state index contributed by atoms with van der Waals surface area (Å²) in [5.74, 6) is -1.34. The SMILES string of the molecule is Cc1nc(C(C)(CS(C)(=O)=O)NC(=O)c2cc(O[C@@H](C)C(F)(F)F)c(C3CCC3)cn2)no1. The number of nitrogens with one attached hydrogen (secondary N) is 1. The van der Waals surface area contributed by atoms with Crippen LogP contribution in [-0.4, -0.2) is 53.7 Å². The minimum atomic E-state index is -4.59. The molecule has 2 atom stereocenters. The Hall–Kier alpha value is -2.70. The molecule has 2 aromatic rings. The third-order valence-electron chi connectivity index (χ3n) is 5.40. The number of hydrogen-bond donors (Lipinski definition) is 1. The van der Waals surface area contributed by atoms with E-state index in [4.69, 9.17) is 9.26 Å². The van der Waals surface area contributed by atoms with Crippen LogP contribution < -0.4 is 10.1 Å². The predicted molar refractivity (Wildman–Crippen MR) is 111 cm³/mol. The first-order valence-corrected chi connectivity index (χ1v) is 12.3. The Morgan fingerprint density at radius 3 is 2.52 bits per heavy atom. The molecule has 0 spiro atoms. The van der Waals surface area contributed by atoms with Crippen LogP contribution in [0.2, 0.25) is 0 Å². The Morgan fingerprint density at radius 1 is 1.36 bits per heavy atom. The molecule has 0 radical (unpaired) electrons. The van der Waals surface area contributed by atoms with Crippen LogP contribution in [0.5, 0.6) is 5.75 Å². The summed E-state index contributed by atoms with van der Waals surface area (Å²) < 4.78 is 73.4. The number of nitrogens with zero attached hydrogens (tertiary/aromatic N) is 3. The van der Waals surface area contributed by atoms with Crippen LogP contribution >= 0.6 is 0 Å². The van der Waals surface area contributed by atoms with Crippen molar-refractivity contribution in [2.45, 2.75) is 63.8 Å². The standard InChI is InChI=1S/C20H25F3N4O5S/c1-11(20(21,22)23)31-16-8-15(24-9-14(16)13-6-5-7-13)17(28)26-19(3,10-33(4,29)30)18-25-12(2)32-27-18/h8-9,11,13H,5-7,10H2,1-4H3,(H,26,28)/t11-,19?/m0/s1. The van der Waals surface area contributed by atoms with Crippen molar-refractivity contribution in [1.29, 1.82) is 0 Å². The zero-order valence-corrected chi connectivity index (χ0v) is 19.4. The number of aryl methyl sites for hydroxylation is 1. The second-order valence-corrected chi connectivity index (χ2v) is 10.7. The van der Waals surface area contributed by atoms with Gasteiger partial charge in [-0.05, 0) is 32.6 Å². The van der Waals surface area contributed by atoms with Gasteiger partial charge in [-0.25, -0.2) is 8.42 Å². The average Bonchev–Trinajstić information content (AvgIpc) is 3.06. The van der Waals surface area contributed by atoms with E-state index in [0.717, 1.165) is 38.5 Å². The monoisotopic (exact) mass is 490 g/mol. The van der Waals surface area contributed by atoms with Gasteiger partial charge in [-0.1, -0.05) is 11.6 Å². The number of halogens is 3. The van der Waals surface area contributed by atoms with Gasteiger partial charge in [0.1, 0.15) is 26.8 Å². The largest absolute Gasteiger partial charge is 0.481 e. The molecule has 1 saturated carbocycles. The molecule has 1 aliphatic rings. The maximum Gasteiger partial charge on any atom is 0.425 e. The minimum absolute atomic E-state index is 0.00264. The van der Waals surface area contributed by atoms with Crippen LogP contribution in [0, 0.1) is 6.92 Å². The van der Waals surface area contributed by atoms with Crippen LogP contribution in [0.1, 0.15) is 66.8 Å².